The topological polar surface area (TPSA) is 76.0 Å². The van der Waals surface area contributed by atoms with Gasteiger partial charge in [0.05, 0.1) is 12.5 Å². The van der Waals surface area contributed by atoms with Gasteiger partial charge in [-0.05, 0) is 78.8 Å². The van der Waals surface area contributed by atoms with E-state index in [1.807, 2.05) is 32.0 Å². The van der Waals surface area contributed by atoms with E-state index in [-0.39, 0.29) is 17.5 Å². The molecule has 34 heavy (non-hydrogen) atoms. The van der Waals surface area contributed by atoms with Gasteiger partial charge in [-0.3, -0.25) is 4.79 Å². The van der Waals surface area contributed by atoms with Crippen molar-refractivity contribution in [1.82, 2.24) is 0 Å². The van der Waals surface area contributed by atoms with Crippen LogP contribution in [0.2, 0.25) is 0 Å². The number of aryl methyl sites for hydroxylation is 2. The van der Waals surface area contributed by atoms with Gasteiger partial charge in [-0.1, -0.05) is 19.1 Å². The minimum Gasteiger partial charge on any atom is -0.508 e. The molecule has 2 aliphatic rings. The average Bonchev–Trinajstić information content (AvgIpc) is 3.39. The van der Waals surface area contributed by atoms with E-state index in [0.29, 0.717) is 36.5 Å². The zero-order valence-corrected chi connectivity index (χ0v) is 19.4. The Labute approximate surface area is 197 Å². The number of carboxylic acids is 1. The number of benzene rings is 3. The Balaban J connectivity index is 1.46. The molecule has 0 spiro atoms. The van der Waals surface area contributed by atoms with Gasteiger partial charge in [-0.2, -0.15) is 0 Å². The van der Waals surface area contributed by atoms with E-state index < -0.39 is 18.0 Å². The molecule has 0 saturated carbocycles. The van der Waals surface area contributed by atoms with Crippen molar-refractivity contribution < 1.29 is 28.9 Å². The molecule has 0 aromatic heterocycles. The van der Waals surface area contributed by atoms with Crippen LogP contribution in [0.5, 0.6) is 17.2 Å². The first-order valence-electron chi connectivity index (χ1n) is 11.5. The van der Waals surface area contributed by atoms with Crippen molar-refractivity contribution >= 4 is 5.97 Å². The third-order valence-corrected chi connectivity index (χ3v) is 7.14. The maximum Gasteiger partial charge on any atom is 0.306 e. The molecule has 1 heterocycles. The molecule has 0 saturated heterocycles. The molecule has 0 bridgehead atoms. The SMILES string of the molecule is Cc1cc(O)cc(C)c1-c1ccc(F)c2c1CC[C@H]2Oc1ccc2c(c1)OCC2C(C)C(=O)O. The number of aromatic hydroxyl groups is 1. The molecule has 6 heteroatoms. The predicted octanol–water partition coefficient (Wildman–Crippen LogP) is 6.08. The number of hydrogen-bond acceptors (Lipinski definition) is 4. The summed E-state index contributed by atoms with van der Waals surface area (Å²) >= 11 is 0. The molecular weight excluding hydrogens is 435 g/mol. The number of fused-ring (bicyclic) bond motifs is 2. The second-order valence-electron chi connectivity index (χ2n) is 9.33. The molecule has 1 aliphatic carbocycles. The van der Waals surface area contributed by atoms with Crippen LogP contribution in [0.3, 0.4) is 0 Å². The maximum absolute atomic E-state index is 15.0. The number of halogens is 1. The van der Waals surface area contributed by atoms with Crippen LogP contribution in [-0.2, 0) is 11.2 Å². The van der Waals surface area contributed by atoms with E-state index in [4.69, 9.17) is 9.47 Å². The molecule has 3 aromatic carbocycles. The van der Waals surface area contributed by atoms with Crippen molar-refractivity contribution in [3.05, 3.63) is 76.1 Å². The highest BCUT2D eigenvalue weighted by atomic mass is 19.1. The number of aliphatic carboxylic acids is 1. The van der Waals surface area contributed by atoms with Gasteiger partial charge in [0.25, 0.3) is 0 Å². The minimum absolute atomic E-state index is 0.203. The van der Waals surface area contributed by atoms with E-state index in [9.17, 15) is 15.0 Å². The summed E-state index contributed by atoms with van der Waals surface area (Å²) in [5.74, 6) is -0.477. The summed E-state index contributed by atoms with van der Waals surface area (Å²) in [6.45, 7) is 5.90. The first kappa shape index (κ1) is 22.3. The van der Waals surface area contributed by atoms with E-state index >= 15 is 4.39 Å². The van der Waals surface area contributed by atoms with Gasteiger partial charge < -0.3 is 19.7 Å². The van der Waals surface area contributed by atoms with Crippen molar-refractivity contribution in [2.24, 2.45) is 5.92 Å². The average molecular weight is 463 g/mol. The maximum atomic E-state index is 15.0. The molecule has 1 aliphatic heterocycles. The molecule has 3 aromatic rings. The molecule has 0 fully saturated rings. The molecule has 3 atom stereocenters. The summed E-state index contributed by atoms with van der Waals surface area (Å²) < 4.78 is 27.0. The molecule has 5 rings (SSSR count). The third kappa shape index (κ3) is 3.67. The Kier molecular flexibility index (Phi) is 5.47. The van der Waals surface area contributed by atoms with Crippen LogP contribution in [-0.4, -0.2) is 22.8 Å². The summed E-state index contributed by atoms with van der Waals surface area (Å²) in [7, 11) is 0. The van der Waals surface area contributed by atoms with Gasteiger partial charge in [-0.15, -0.1) is 0 Å². The molecule has 0 radical (unpaired) electrons. The number of carbonyl (C=O) groups is 1. The van der Waals surface area contributed by atoms with Gasteiger partial charge in [0, 0.05) is 23.1 Å². The highest BCUT2D eigenvalue weighted by Gasteiger charge is 2.34. The van der Waals surface area contributed by atoms with Crippen molar-refractivity contribution in [3.63, 3.8) is 0 Å². The number of phenols is 1. The monoisotopic (exact) mass is 462 g/mol. The zero-order valence-electron chi connectivity index (χ0n) is 19.4. The van der Waals surface area contributed by atoms with Crippen LogP contribution in [0, 0.1) is 25.6 Å². The van der Waals surface area contributed by atoms with Crippen molar-refractivity contribution in [3.8, 4) is 28.4 Å². The van der Waals surface area contributed by atoms with Gasteiger partial charge >= 0.3 is 5.97 Å². The third-order valence-electron chi connectivity index (χ3n) is 7.14. The van der Waals surface area contributed by atoms with E-state index in [1.165, 1.54) is 6.07 Å². The number of rotatable bonds is 5. The lowest BCUT2D eigenvalue weighted by Gasteiger charge is -2.19. The van der Waals surface area contributed by atoms with E-state index in [0.717, 1.165) is 33.4 Å². The molecule has 176 valence electrons. The van der Waals surface area contributed by atoms with Crippen molar-refractivity contribution in [2.45, 2.75) is 45.6 Å². The van der Waals surface area contributed by atoms with E-state index in [2.05, 4.69) is 0 Å². The Morgan fingerprint density at radius 3 is 2.59 bits per heavy atom. The highest BCUT2D eigenvalue weighted by Crippen LogP contribution is 2.45. The normalized spacial score (nSPS) is 19.3. The lowest BCUT2D eigenvalue weighted by molar-refractivity contribution is -0.142. The van der Waals surface area contributed by atoms with Gasteiger partial charge in [0.15, 0.2) is 0 Å². The summed E-state index contributed by atoms with van der Waals surface area (Å²) in [5.41, 5.74) is 6.24. The Hall–Kier alpha value is -3.54. The zero-order chi connectivity index (χ0) is 24.1. The van der Waals surface area contributed by atoms with Gasteiger partial charge in [0.2, 0.25) is 0 Å². The van der Waals surface area contributed by atoms with Crippen LogP contribution in [0.4, 0.5) is 4.39 Å². The quantitative estimate of drug-likeness (QED) is 0.481. The predicted molar refractivity (Wildman–Crippen MR) is 126 cm³/mol. The van der Waals surface area contributed by atoms with Crippen molar-refractivity contribution in [1.29, 1.82) is 0 Å². The number of phenolic OH excluding ortho intramolecular Hbond substituents is 1. The second kappa shape index (κ2) is 8.35. The van der Waals surface area contributed by atoms with E-state index in [1.54, 1.807) is 25.1 Å². The largest absolute Gasteiger partial charge is 0.508 e. The standard InChI is InChI=1S/C28H27FO5/c1-14-10-17(30)11-15(2)26(14)20-6-8-23(29)27-21(20)7-9-24(27)34-18-4-5-19-22(16(3)28(31)32)13-33-25(19)12-18/h4-6,8,10-12,16,22,24,30H,7,9,13H2,1-3H3,(H,31,32)/t16?,22?,24-/m1/s1. The molecule has 2 N–H and O–H groups in total. The molecule has 5 nitrogen and oxygen atoms in total. The number of hydrogen-bond donors (Lipinski definition) is 2. The Morgan fingerprint density at radius 2 is 1.88 bits per heavy atom. The lowest BCUT2D eigenvalue weighted by Crippen LogP contribution is -2.19. The van der Waals surface area contributed by atoms with Crippen LogP contribution in [0.25, 0.3) is 11.1 Å². The summed E-state index contributed by atoms with van der Waals surface area (Å²) in [4.78, 5) is 11.4. The van der Waals surface area contributed by atoms with Gasteiger partial charge in [-0.25, -0.2) is 4.39 Å². The number of ether oxygens (including phenoxy) is 2. The summed E-state index contributed by atoms with van der Waals surface area (Å²) in [5, 5.41) is 19.3. The fourth-order valence-corrected chi connectivity index (χ4v) is 5.43. The minimum atomic E-state index is -0.852. The fourth-order valence-electron chi connectivity index (χ4n) is 5.43. The second-order valence-corrected chi connectivity index (χ2v) is 9.33. The van der Waals surface area contributed by atoms with Gasteiger partial charge in [0.1, 0.15) is 29.2 Å². The summed E-state index contributed by atoms with van der Waals surface area (Å²) in [6.07, 6.45) is 0.906. The van der Waals surface area contributed by atoms with Crippen LogP contribution in [0.1, 0.15) is 53.2 Å². The molecular formula is C28H27FO5. The van der Waals surface area contributed by atoms with Crippen LogP contribution in [0.15, 0.2) is 42.5 Å². The molecule has 2 unspecified atom stereocenters. The first-order chi connectivity index (χ1) is 16.2. The van der Waals surface area contributed by atoms with Crippen LogP contribution < -0.4 is 9.47 Å². The lowest BCUT2D eigenvalue weighted by atomic mass is 9.89. The van der Waals surface area contributed by atoms with Crippen molar-refractivity contribution in [2.75, 3.05) is 6.61 Å². The fraction of sp³-hybridized carbons (Fsp3) is 0.321. The van der Waals surface area contributed by atoms with Crippen LogP contribution >= 0.6 is 0 Å². The molecule has 0 amide bonds. The Morgan fingerprint density at radius 1 is 1.15 bits per heavy atom. The first-order valence-corrected chi connectivity index (χ1v) is 11.5. The number of carboxylic acid groups (broad SMARTS) is 1. The Bertz CT molecular complexity index is 1280. The smallest absolute Gasteiger partial charge is 0.306 e. The summed E-state index contributed by atoms with van der Waals surface area (Å²) in [6, 6.07) is 12.2. The highest BCUT2D eigenvalue weighted by molar-refractivity contribution is 5.76.